The van der Waals surface area contributed by atoms with Crippen molar-refractivity contribution in [2.75, 3.05) is 30.5 Å². The van der Waals surface area contributed by atoms with Crippen molar-refractivity contribution in [3.05, 3.63) is 89.4 Å². The van der Waals surface area contributed by atoms with E-state index in [1.165, 1.54) is 25.0 Å². The lowest BCUT2D eigenvalue weighted by Gasteiger charge is -2.33. The summed E-state index contributed by atoms with van der Waals surface area (Å²) in [5, 5.41) is 21.9. The standard InChI is InChI=1S/C33H35FN4O6S.C2HF3O2/c1-4-19-16-25(28(34)26(17-19)44-3)29(37-21-10-11-22-20(18-21)12-14-36-31(22)35)32(39)38-15-13-24(33(40)41)30(38)23-8-6-7-9-27(23)45(42,43)5-2;3-2(4,5)1(6)7/h6-12,14,16-18,24,29-30,37H,4-5,13,15H2,1-3H3,(H2,35,36)(H,40,41);(H,6,7)/t24?,29-,30?;/m0./s1. The quantitative estimate of drug-likeness (QED) is 0.144. The molecule has 0 radical (unpaired) electrons. The van der Waals surface area contributed by atoms with Crippen molar-refractivity contribution in [1.82, 2.24) is 9.88 Å². The summed E-state index contributed by atoms with van der Waals surface area (Å²) < 4.78 is 79.3. The van der Waals surface area contributed by atoms with Crippen molar-refractivity contribution >= 4 is 50.0 Å². The Balaban J connectivity index is 0.000000785. The van der Waals surface area contributed by atoms with Crippen LogP contribution in [-0.4, -0.2) is 71.9 Å². The number of halogens is 4. The summed E-state index contributed by atoms with van der Waals surface area (Å²) in [6, 6.07) is 13.8. The summed E-state index contributed by atoms with van der Waals surface area (Å²) in [7, 11) is -2.43. The van der Waals surface area contributed by atoms with E-state index in [-0.39, 0.29) is 40.5 Å². The number of carboxylic acids is 2. The van der Waals surface area contributed by atoms with Gasteiger partial charge < -0.3 is 30.9 Å². The molecule has 1 amide bonds. The van der Waals surface area contributed by atoms with E-state index in [1.807, 2.05) is 6.92 Å². The van der Waals surface area contributed by atoms with Crippen LogP contribution < -0.4 is 15.8 Å². The van der Waals surface area contributed by atoms with Gasteiger partial charge in [0.05, 0.1) is 29.7 Å². The molecular weight excluding hydrogens is 712 g/mol. The Hall–Kier alpha value is -5.45. The van der Waals surface area contributed by atoms with E-state index in [1.54, 1.807) is 60.8 Å². The van der Waals surface area contributed by atoms with Gasteiger partial charge in [-0.2, -0.15) is 13.2 Å². The van der Waals surface area contributed by atoms with E-state index >= 15 is 4.39 Å². The number of pyridine rings is 1. The minimum atomic E-state index is -5.08. The van der Waals surface area contributed by atoms with Gasteiger partial charge in [0.15, 0.2) is 21.4 Å². The molecule has 0 bridgehead atoms. The second-order valence-electron chi connectivity index (χ2n) is 11.7. The van der Waals surface area contributed by atoms with Gasteiger partial charge in [0.25, 0.3) is 0 Å². The zero-order valence-corrected chi connectivity index (χ0v) is 29.0. The van der Waals surface area contributed by atoms with Crippen LogP contribution in [0.15, 0.2) is 71.8 Å². The van der Waals surface area contributed by atoms with Crippen molar-refractivity contribution in [2.24, 2.45) is 5.92 Å². The number of aromatic nitrogens is 1. The number of benzene rings is 3. The van der Waals surface area contributed by atoms with Crippen molar-refractivity contribution in [3.63, 3.8) is 0 Å². The summed E-state index contributed by atoms with van der Waals surface area (Å²) >= 11 is 0. The number of carbonyl (C=O) groups excluding carboxylic acids is 1. The third-order valence-corrected chi connectivity index (χ3v) is 10.4. The lowest BCUT2D eigenvalue weighted by Crippen LogP contribution is -2.40. The fraction of sp³-hybridized carbons (Fsp3) is 0.314. The van der Waals surface area contributed by atoms with Gasteiger partial charge in [-0.05, 0) is 65.8 Å². The number of alkyl halides is 3. The number of aryl methyl sites for hydroxylation is 1. The molecule has 1 fully saturated rings. The van der Waals surface area contributed by atoms with Crippen LogP contribution in [0.4, 0.5) is 29.1 Å². The van der Waals surface area contributed by atoms with Crippen LogP contribution >= 0.6 is 0 Å². The molecule has 3 aromatic carbocycles. The van der Waals surface area contributed by atoms with Crippen LogP contribution in [0.2, 0.25) is 0 Å². The highest BCUT2D eigenvalue weighted by atomic mass is 32.2. The normalized spacial score (nSPS) is 16.5. The van der Waals surface area contributed by atoms with Crippen LogP contribution in [0.5, 0.6) is 5.75 Å². The second-order valence-corrected chi connectivity index (χ2v) is 14.0. The monoisotopic (exact) mass is 748 g/mol. The summed E-state index contributed by atoms with van der Waals surface area (Å²) in [5.41, 5.74) is 7.45. The first-order chi connectivity index (χ1) is 24.4. The lowest BCUT2D eigenvalue weighted by molar-refractivity contribution is -0.192. The van der Waals surface area contributed by atoms with Gasteiger partial charge in [-0.1, -0.05) is 38.1 Å². The Bertz CT molecular complexity index is 2100. The Morgan fingerprint density at radius 3 is 2.35 bits per heavy atom. The molecule has 12 nitrogen and oxygen atoms in total. The molecule has 0 spiro atoms. The highest BCUT2D eigenvalue weighted by Crippen LogP contribution is 2.43. The number of amides is 1. The molecule has 278 valence electrons. The van der Waals surface area contributed by atoms with Crippen LogP contribution in [-0.2, 0) is 30.6 Å². The minimum absolute atomic E-state index is 0.0116. The fourth-order valence-corrected chi connectivity index (χ4v) is 7.13. The number of sulfone groups is 1. The van der Waals surface area contributed by atoms with Crippen LogP contribution in [0.25, 0.3) is 10.8 Å². The topological polar surface area (TPSA) is 189 Å². The van der Waals surface area contributed by atoms with Crippen LogP contribution in [0.1, 0.15) is 49.0 Å². The zero-order valence-electron chi connectivity index (χ0n) is 28.1. The van der Waals surface area contributed by atoms with E-state index in [9.17, 15) is 36.3 Å². The fourth-order valence-electron chi connectivity index (χ4n) is 5.98. The Labute approximate surface area is 296 Å². The van der Waals surface area contributed by atoms with Gasteiger partial charge in [0.1, 0.15) is 11.9 Å². The summed E-state index contributed by atoms with van der Waals surface area (Å²) in [5.74, 6) is -6.27. The maximum absolute atomic E-state index is 16.1. The summed E-state index contributed by atoms with van der Waals surface area (Å²) in [6.07, 6.45) is -2.91. The highest BCUT2D eigenvalue weighted by molar-refractivity contribution is 7.91. The van der Waals surface area contributed by atoms with E-state index in [0.29, 0.717) is 23.3 Å². The van der Waals surface area contributed by atoms with Crippen LogP contribution in [0.3, 0.4) is 0 Å². The number of hydrogen-bond donors (Lipinski definition) is 4. The minimum Gasteiger partial charge on any atom is -0.494 e. The molecule has 4 aromatic rings. The number of nitrogens with one attached hydrogen (secondary N) is 1. The maximum Gasteiger partial charge on any atom is 0.490 e. The van der Waals surface area contributed by atoms with E-state index in [2.05, 4.69) is 10.3 Å². The molecular formula is C35H36F4N4O8S. The average Bonchev–Trinajstić information content (AvgIpc) is 3.56. The Kier molecular flexibility index (Phi) is 12.0. The number of hydrogen-bond acceptors (Lipinski definition) is 9. The van der Waals surface area contributed by atoms with Crippen molar-refractivity contribution in [3.8, 4) is 5.75 Å². The van der Waals surface area contributed by atoms with Gasteiger partial charge >= 0.3 is 18.1 Å². The van der Waals surface area contributed by atoms with Gasteiger partial charge in [-0.15, -0.1) is 0 Å². The number of nitrogen functional groups attached to an aromatic ring is 1. The Morgan fingerprint density at radius 1 is 1.08 bits per heavy atom. The number of carbonyl (C=O) groups is 3. The highest BCUT2D eigenvalue weighted by Gasteiger charge is 2.46. The summed E-state index contributed by atoms with van der Waals surface area (Å²) in [6.45, 7) is 3.41. The molecule has 2 heterocycles. The number of methoxy groups -OCH3 is 1. The predicted octanol–water partition coefficient (Wildman–Crippen LogP) is 5.78. The zero-order chi connectivity index (χ0) is 38.5. The van der Waals surface area contributed by atoms with Gasteiger partial charge in [-0.3, -0.25) is 9.59 Å². The molecule has 2 unspecified atom stereocenters. The third-order valence-electron chi connectivity index (χ3n) is 8.61. The molecule has 1 aliphatic heterocycles. The number of aliphatic carboxylic acids is 2. The maximum atomic E-state index is 16.1. The number of ether oxygens (including phenoxy) is 1. The van der Waals surface area contributed by atoms with Gasteiger partial charge in [0.2, 0.25) is 5.91 Å². The molecule has 5 rings (SSSR count). The first-order valence-electron chi connectivity index (χ1n) is 15.9. The molecule has 1 aromatic heterocycles. The molecule has 17 heteroatoms. The van der Waals surface area contributed by atoms with E-state index in [4.69, 9.17) is 20.4 Å². The first-order valence-corrected chi connectivity index (χ1v) is 17.5. The molecule has 52 heavy (non-hydrogen) atoms. The molecule has 3 atom stereocenters. The van der Waals surface area contributed by atoms with E-state index < -0.39 is 57.7 Å². The Morgan fingerprint density at radius 2 is 1.75 bits per heavy atom. The SMILES string of the molecule is CCc1cc(OC)c(F)c([C@H](Nc2ccc3c(N)nccc3c2)C(=O)N2CCC(C(=O)O)C2c2ccccc2S(=O)(=O)CC)c1.O=C(O)C(F)(F)F. The number of rotatable bonds is 10. The number of carboxylic acid groups (broad SMARTS) is 2. The average molecular weight is 749 g/mol. The molecule has 1 aliphatic rings. The summed E-state index contributed by atoms with van der Waals surface area (Å²) in [4.78, 5) is 41.5. The number of nitrogens with two attached hydrogens (primary N) is 1. The van der Waals surface area contributed by atoms with Crippen LogP contribution in [0, 0.1) is 11.7 Å². The number of fused-ring (bicyclic) bond motifs is 1. The smallest absolute Gasteiger partial charge is 0.490 e. The number of nitrogens with zero attached hydrogens (tertiary/aromatic N) is 2. The van der Waals surface area contributed by atoms with Gasteiger partial charge in [0, 0.05) is 29.4 Å². The number of likely N-dealkylation sites (tertiary alicyclic amines) is 1. The van der Waals surface area contributed by atoms with Gasteiger partial charge in [-0.25, -0.2) is 22.6 Å². The molecule has 0 aliphatic carbocycles. The first kappa shape index (κ1) is 39.3. The largest absolute Gasteiger partial charge is 0.494 e. The molecule has 1 saturated heterocycles. The molecule has 0 saturated carbocycles. The second kappa shape index (κ2) is 15.8. The van der Waals surface area contributed by atoms with Crippen molar-refractivity contribution in [2.45, 2.75) is 49.8 Å². The van der Waals surface area contributed by atoms with Crippen molar-refractivity contribution < 1.29 is 55.3 Å². The lowest BCUT2D eigenvalue weighted by atomic mass is 9.93. The van der Waals surface area contributed by atoms with Crippen molar-refractivity contribution in [1.29, 1.82) is 0 Å². The predicted molar refractivity (Wildman–Crippen MR) is 183 cm³/mol. The van der Waals surface area contributed by atoms with E-state index in [0.717, 1.165) is 10.9 Å². The number of anilines is 2. The molecule has 5 N–H and O–H groups in total. The third kappa shape index (κ3) is 8.36.